The number of carbonyl (C=O) groups excluding carboxylic acids is 1. The van der Waals surface area contributed by atoms with Gasteiger partial charge in [0.25, 0.3) is 5.91 Å². The third-order valence-electron chi connectivity index (χ3n) is 2.71. The van der Waals surface area contributed by atoms with Crippen LogP contribution in [0.3, 0.4) is 0 Å². The Balaban J connectivity index is 2.39. The minimum absolute atomic E-state index is 0.0762. The third-order valence-corrected chi connectivity index (χ3v) is 3.20. The first-order chi connectivity index (χ1) is 9.00. The lowest BCUT2D eigenvalue weighted by Crippen LogP contribution is -2.31. The summed E-state index contributed by atoms with van der Waals surface area (Å²) in [5, 5.41) is 0. The van der Waals surface area contributed by atoms with E-state index in [-0.39, 0.29) is 11.0 Å². The fraction of sp³-hybridized carbons (Fsp3) is 0.0769. The van der Waals surface area contributed by atoms with Gasteiger partial charge in [0.2, 0.25) is 0 Å². The zero-order valence-electron chi connectivity index (χ0n) is 10.2. The number of carbonyl (C=O) groups is 1. The van der Waals surface area contributed by atoms with Gasteiger partial charge in [0.1, 0.15) is 5.56 Å². The normalized spacial score (nSPS) is 10.2. The van der Waals surface area contributed by atoms with Gasteiger partial charge in [-0.1, -0.05) is 15.9 Å². The van der Waals surface area contributed by atoms with Crippen LogP contribution in [0.1, 0.15) is 10.4 Å². The predicted octanol–water partition coefficient (Wildman–Crippen LogP) is 2.00. The van der Waals surface area contributed by atoms with E-state index in [2.05, 4.69) is 20.9 Å². The van der Waals surface area contributed by atoms with Crippen LogP contribution in [0.25, 0.3) is 0 Å². The van der Waals surface area contributed by atoms with Crippen molar-refractivity contribution in [1.29, 1.82) is 0 Å². The fourth-order valence-corrected chi connectivity index (χ4v) is 2.08. The molecule has 0 fully saturated rings. The molecule has 2 rings (SSSR count). The van der Waals surface area contributed by atoms with Crippen LogP contribution >= 0.6 is 15.9 Å². The number of pyridine rings is 1. The quantitative estimate of drug-likeness (QED) is 0.830. The predicted molar refractivity (Wildman–Crippen MR) is 78.4 cm³/mol. The van der Waals surface area contributed by atoms with Gasteiger partial charge in [-0.25, -0.2) is 0 Å². The van der Waals surface area contributed by atoms with Gasteiger partial charge in [-0.05, 0) is 18.2 Å². The molecule has 5 nitrogen and oxygen atoms in total. The average Bonchev–Trinajstić information content (AvgIpc) is 2.38. The molecule has 0 unspecified atom stereocenters. The number of nitrogen functional groups attached to an aromatic ring is 1. The zero-order chi connectivity index (χ0) is 14.0. The van der Waals surface area contributed by atoms with Crippen LogP contribution in [0.15, 0.2) is 45.9 Å². The highest BCUT2D eigenvalue weighted by Gasteiger charge is 2.18. The van der Waals surface area contributed by atoms with Crippen LogP contribution in [-0.4, -0.2) is 17.9 Å². The van der Waals surface area contributed by atoms with Gasteiger partial charge in [0.15, 0.2) is 5.43 Å². The highest BCUT2D eigenvalue weighted by atomic mass is 79.9. The largest absolute Gasteiger partial charge is 0.397 e. The van der Waals surface area contributed by atoms with Crippen molar-refractivity contribution in [1.82, 2.24) is 4.98 Å². The number of nitrogens with one attached hydrogen (secondary N) is 1. The van der Waals surface area contributed by atoms with E-state index in [1.165, 1.54) is 23.4 Å². The Morgan fingerprint density at radius 3 is 2.74 bits per heavy atom. The molecule has 1 aromatic heterocycles. The summed E-state index contributed by atoms with van der Waals surface area (Å²) in [7, 11) is 1.58. The van der Waals surface area contributed by atoms with Crippen LogP contribution < -0.4 is 16.1 Å². The van der Waals surface area contributed by atoms with E-state index in [9.17, 15) is 9.59 Å². The second-order valence-electron chi connectivity index (χ2n) is 3.99. The smallest absolute Gasteiger partial charge is 0.263 e. The number of nitrogens with two attached hydrogens (primary N) is 1. The molecule has 6 heteroatoms. The van der Waals surface area contributed by atoms with E-state index in [0.29, 0.717) is 11.4 Å². The Bertz CT molecular complexity index is 682. The summed E-state index contributed by atoms with van der Waals surface area (Å²) in [5.41, 5.74) is 6.62. The molecule has 0 aliphatic carbocycles. The lowest BCUT2D eigenvalue weighted by Gasteiger charge is -2.19. The van der Waals surface area contributed by atoms with Gasteiger partial charge < -0.3 is 15.6 Å². The molecular weight excluding hydrogens is 310 g/mol. The first-order valence-electron chi connectivity index (χ1n) is 5.51. The summed E-state index contributed by atoms with van der Waals surface area (Å²) in [6.45, 7) is 0. The van der Waals surface area contributed by atoms with Crippen molar-refractivity contribution < 1.29 is 4.79 Å². The standard InChI is InChI=1S/C13H12BrN3O2/c1-17(11-3-2-8(14)6-10(11)15)13(19)9-7-16-5-4-12(9)18/h2-7H,15H2,1H3,(H,16,18). The molecule has 0 aliphatic heterocycles. The van der Waals surface area contributed by atoms with Crippen LogP contribution in [0, 0.1) is 0 Å². The monoisotopic (exact) mass is 321 g/mol. The summed E-state index contributed by atoms with van der Waals surface area (Å²) in [5.74, 6) is -0.407. The molecule has 3 N–H and O–H groups in total. The van der Waals surface area contributed by atoms with Gasteiger partial charge in [-0.15, -0.1) is 0 Å². The Kier molecular flexibility index (Phi) is 3.71. The Labute approximate surface area is 118 Å². The van der Waals surface area contributed by atoms with E-state index < -0.39 is 5.91 Å². The molecule has 1 aromatic carbocycles. The van der Waals surface area contributed by atoms with E-state index in [1.54, 1.807) is 25.2 Å². The van der Waals surface area contributed by atoms with E-state index in [0.717, 1.165) is 4.47 Å². The van der Waals surface area contributed by atoms with Crippen molar-refractivity contribution in [2.75, 3.05) is 17.7 Å². The number of rotatable bonds is 2. The number of amides is 1. The minimum Gasteiger partial charge on any atom is -0.397 e. The number of benzene rings is 1. The molecule has 2 aromatic rings. The van der Waals surface area contributed by atoms with Gasteiger partial charge in [0, 0.05) is 30.0 Å². The Morgan fingerprint density at radius 1 is 1.37 bits per heavy atom. The van der Waals surface area contributed by atoms with Crippen LogP contribution in [-0.2, 0) is 0 Å². The van der Waals surface area contributed by atoms with Crippen molar-refractivity contribution in [2.45, 2.75) is 0 Å². The van der Waals surface area contributed by atoms with Gasteiger partial charge in [-0.3, -0.25) is 9.59 Å². The molecule has 1 amide bonds. The lowest BCUT2D eigenvalue weighted by atomic mass is 10.2. The average molecular weight is 322 g/mol. The van der Waals surface area contributed by atoms with Crippen molar-refractivity contribution in [3.63, 3.8) is 0 Å². The molecule has 19 heavy (non-hydrogen) atoms. The first kappa shape index (κ1) is 13.4. The first-order valence-corrected chi connectivity index (χ1v) is 6.30. The van der Waals surface area contributed by atoms with Crippen molar-refractivity contribution >= 4 is 33.2 Å². The summed E-state index contributed by atoms with van der Waals surface area (Å²) in [6, 6.07) is 6.51. The summed E-state index contributed by atoms with van der Waals surface area (Å²) in [6.07, 6.45) is 2.86. The number of hydrogen-bond donors (Lipinski definition) is 2. The van der Waals surface area contributed by atoms with Crippen LogP contribution in [0.5, 0.6) is 0 Å². The lowest BCUT2D eigenvalue weighted by molar-refractivity contribution is 0.0991. The minimum atomic E-state index is -0.407. The molecule has 98 valence electrons. The molecule has 0 atom stereocenters. The maximum atomic E-state index is 12.2. The molecule has 0 saturated carbocycles. The molecule has 0 radical (unpaired) electrons. The number of aromatic amines is 1. The number of hydrogen-bond acceptors (Lipinski definition) is 3. The highest BCUT2D eigenvalue weighted by Crippen LogP contribution is 2.26. The molecular formula is C13H12BrN3O2. The van der Waals surface area contributed by atoms with Gasteiger partial charge >= 0.3 is 0 Å². The molecule has 0 saturated heterocycles. The van der Waals surface area contributed by atoms with Gasteiger partial charge in [-0.2, -0.15) is 0 Å². The second kappa shape index (κ2) is 5.27. The van der Waals surface area contributed by atoms with Crippen LogP contribution in [0.4, 0.5) is 11.4 Å². The highest BCUT2D eigenvalue weighted by molar-refractivity contribution is 9.10. The Hall–Kier alpha value is -2.08. The molecule has 1 heterocycles. The number of aromatic nitrogens is 1. The van der Waals surface area contributed by atoms with E-state index >= 15 is 0 Å². The van der Waals surface area contributed by atoms with Crippen molar-refractivity contribution in [2.24, 2.45) is 0 Å². The Morgan fingerprint density at radius 2 is 2.11 bits per heavy atom. The molecule has 0 aliphatic rings. The maximum Gasteiger partial charge on any atom is 0.263 e. The maximum absolute atomic E-state index is 12.2. The third kappa shape index (κ3) is 2.68. The topological polar surface area (TPSA) is 79.2 Å². The second-order valence-corrected chi connectivity index (χ2v) is 4.91. The molecule has 0 bridgehead atoms. The summed E-state index contributed by atoms with van der Waals surface area (Å²) >= 11 is 3.30. The summed E-state index contributed by atoms with van der Waals surface area (Å²) < 4.78 is 0.826. The summed E-state index contributed by atoms with van der Waals surface area (Å²) in [4.78, 5) is 28.0. The SMILES string of the molecule is CN(C(=O)c1c[nH]ccc1=O)c1ccc(Br)cc1N. The van der Waals surface area contributed by atoms with Crippen LogP contribution in [0.2, 0.25) is 0 Å². The number of anilines is 2. The molecule has 0 spiro atoms. The fourth-order valence-electron chi connectivity index (χ4n) is 1.70. The number of nitrogens with zero attached hydrogens (tertiary/aromatic N) is 1. The van der Waals surface area contributed by atoms with Crippen molar-refractivity contribution in [3.05, 3.63) is 56.9 Å². The van der Waals surface area contributed by atoms with E-state index in [1.807, 2.05) is 0 Å². The number of halogens is 1. The zero-order valence-corrected chi connectivity index (χ0v) is 11.8. The van der Waals surface area contributed by atoms with E-state index in [4.69, 9.17) is 5.73 Å². The number of H-pyrrole nitrogens is 1. The van der Waals surface area contributed by atoms with Crippen molar-refractivity contribution in [3.8, 4) is 0 Å². The van der Waals surface area contributed by atoms with Gasteiger partial charge in [0.05, 0.1) is 11.4 Å².